The molecule has 120 valence electrons. The molecule has 0 saturated carbocycles. The molecular weight excluding hydrogens is 304 g/mol. The standard InChI is InChI=1S/C15H20N2O4S/c1-9(2)8-16-15(22)17-12-6-10(13(18)20-3)5-11(7-12)14(19)21-4/h5-7,9H,8H2,1-4H3,(H2,16,17,22). The predicted molar refractivity (Wildman–Crippen MR) is 88.2 cm³/mol. The van der Waals surface area contributed by atoms with Crippen molar-refractivity contribution in [2.24, 2.45) is 5.92 Å². The third kappa shape index (κ3) is 5.33. The Kier molecular flexibility index (Phi) is 6.78. The molecule has 0 amide bonds. The van der Waals surface area contributed by atoms with E-state index in [0.29, 0.717) is 23.3 Å². The normalized spacial score (nSPS) is 10.0. The Morgan fingerprint density at radius 3 is 2.00 bits per heavy atom. The number of nitrogens with one attached hydrogen (secondary N) is 2. The number of methoxy groups -OCH3 is 2. The Labute approximate surface area is 135 Å². The molecule has 0 aliphatic carbocycles. The van der Waals surface area contributed by atoms with Crippen LogP contribution in [-0.4, -0.2) is 37.8 Å². The highest BCUT2D eigenvalue weighted by atomic mass is 32.1. The fourth-order valence-corrected chi connectivity index (χ4v) is 1.84. The highest BCUT2D eigenvalue weighted by Gasteiger charge is 2.14. The maximum absolute atomic E-state index is 11.7. The first-order valence-electron chi connectivity index (χ1n) is 6.74. The van der Waals surface area contributed by atoms with Gasteiger partial charge in [0.2, 0.25) is 0 Å². The molecule has 0 aromatic heterocycles. The first-order chi connectivity index (χ1) is 10.4. The lowest BCUT2D eigenvalue weighted by Crippen LogP contribution is -2.31. The van der Waals surface area contributed by atoms with Crippen LogP contribution in [0.25, 0.3) is 0 Å². The van der Waals surface area contributed by atoms with E-state index in [4.69, 9.17) is 12.2 Å². The van der Waals surface area contributed by atoms with Gasteiger partial charge in [0.1, 0.15) is 0 Å². The van der Waals surface area contributed by atoms with Crippen LogP contribution in [0.5, 0.6) is 0 Å². The molecule has 1 aromatic rings. The summed E-state index contributed by atoms with van der Waals surface area (Å²) in [6.45, 7) is 4.83. The van der Waals surface area contributed by atoms with Crippen molar-refractivity contribution in [3.05, 3.63) is 29.3 Å². The second kappa shape index (κ2) is 8.33. The lowest BCUT2D eigenvalue weighted by atomic mass is 10.1. The number of rotatable bonds is 5. The van der Waals surface area contributed by atoms with Gasteiger partial charge >= 0.3 is 11.9 Å². The van der Waals surface area contributed by atoms with Crippen molar-refractivity contribution in [1.29, 1.82) is 0 Å². The monoisotopic (exact) mass is 324 g/mol. The lowest BCUT2D eigenvalue weighted by Gasteiger charge is -2.13. The van der Waals surface area contributed by atoms with Crippen LogP contribution in [0, 0.1) is 5.92 Å². The summed E-state index contributed by atoms with van der Waals surface area (Å²) in [4.78, 5) is 23.4. The molecule has 0 unspecified atom stereocenters. The number of carbonyl (C=O) groups is 2. The smallest absolute Gasteiger partial charge is 0.337 e. The van der Waals surface area contributed by atoms with Gasteiger partial charge in [-0.25, -0.2) is 9.59 Å². The van der Waals surface area contributed by atoms with E-state index in [1.165, 1.54) is 20.3 Å². The zero-order chi connectivity index (χ0) is 16.7. The van der Waals surface area contributed by atoms with Crippen LogP contribution in [-0.2, 0) is 9.47 Å². The Morgan fingerprint density at radius 2 is 1.59 bits per heavy atom. The van der Waals surface area contributed by atoms with Crippen molar-refractivity contribution in [2.75, 3.05) is 26.1 Å². The zero-order valence-electron chi connectivity index (χ0n) is 13.1. The molecule has 0 radical (unpaired) electrons. The van der Waals surface area contributed by atoms with Gasteiger partial charge in [-0.1, -0.05) is 13.8 Å². The van der Waals surface area contributed by atoms with Crippen LogP contribution in [0.4, 0.5) is 5.69 Å². The topological polar surface area (TPSA) is 76.7 Å². The average Bonchev–Trinajstić information content (AvgIpc) is 2.50. The summed E-state index contributed by atoms with van der Waals surface area (Å²) in [5, 5.41) is 6.39. The highest BCUT2D eigenvalue weighted by molar-refractivity contribution is 7.80. The molecule has 0 saturated heterocycles. The molecule has 0 spiro atoms. The van der Waals surface area contributed by atoms with E-state index in [9.17, 15) is 9.59 Å². The van der Waals surface area contributed by atoms with Crippen molar-refractivity contribution in [2.45, 2.75) is 13.8 Å². The molecule has 0 bridgehead atoms. The van der Waals surface area contributed by atoms with Crippen LogP contribution in [0.2, 0.25) is 0 Å². The van der Waals surface area contributed by atoms with Gasteiger partial charge in [-0.15, -0.1) is 0 Å². The molecule has 0 fully saturated rings. The molecule has 6 nitrogen and oxygen atoms in total. The summed E-state index contributed by atoms with van der Waals surface area (Å²) < 4.78 is 9.35. The van der Waals surface area contributed by atoms with Crippen molar-refractivity contribution in [3.8, 4) is 0 Å². The quantitative estimate of drug-likeness (QED) is 0.635. The van der Waals surface area contributed by atoms with Crippen molar-refractivity contribution < 1.29 is 19.1 Å². The SMILES string of the molecule is COC(=O)c1cc(NC(=S)NCC(C)C)cc(C(=O)OC)c1. The van der Waals surface area contributed by atoms with E-state index in [2.05, 4.69) is 34.0 Å². The molecule has 0 atom stereocenters. The van der Waals surface area contributed by atoms with Crippen molar-refractivity contribution in [3.63, 3.8) is 0 Å². The number of benzene rings is 1. The minimum atomic E-state index is -0.546. The third-order valence-electron chi connectivity index (χ3n) is 2.70. The predicted octanol–water partition coefficient (Wildman–Crippen LogP) is 2.20. The molecule has 0 aliphatic rings. The van der Waals surface area contributed by atoms with Gasteiger partial charge in [0.15, 0.2) is 5.11 Å². The number of carbonyl (C=O) groups excluding carboxylic acids is 2. The zero-order valence-corrected chi connectivity index (χ0v) is 13.9. The van der Waals surface area contributed by atoms with E-state index in [1.807, 2.05) is 0 Å². The fourth-order valence-electron chi connectivity index (χ4n) is 1.64. The van der Waals surface area contributed by atoms with Gasteiger partial charge in [-0.3, -0.25) is 0 Å². The Bertz CT molecular complexity index is 538. The van der Waals surface area contributed by atoms with Crippen LogP contribution >= 0.6 is 12.2 Å². The van der Waals surface area contributed by atoms with Crippen molar-refractivity contribution in [1.82, 2.24) is 5.32 Å². The summed E-state index contributed by atoms with van der Waals surface area (Å²) in [7, 11) is 2.55. The molecular formula is C15H20N2O4S. The number of hydrogen-bond acceptors (Lipinski definition) is 5. The van der Waals surface area contributed by atoms with Crippen LogP contribution in [0.3, 0.4) is 0 Å². The Morgan fingerprint density at radius 1 is 1.09 bits per heavy atom. The summed E-state index contributed by atoms with van der Waals surface area (Å²) in [5.74, 6) is -0.656. The minimum Gasteiger partial charge on any atom is -0.465 e. The number of hydrogen-bond donors (Lipinski definition) is 2. The first-order valence-corrected chi connectivity index (χ1v) is 7.14. The van der Waals surface area contributed by atoms with Crippen LogP contribution in [0.15, 0.2) is 18.2 Å². The van der Waals surface area contributed by atoms with Gasteiger partial charge in [0.05, 0.1) is 25.3 Å². The molecule has 1 aromatic carbocycles. The Balaban J connectivity index is 2.99. The summed E-state index contributed by atoms with van der Waals surface area (Å²) >= 11 is 5.17. The van der Waals surface area contributed by atoms with Gasteiger partial charge in [0.25, 0.3) is 0 Å². The first kappa shape index (κ1) is 17.9. The summed E-state index contributed by atoms with van der Waals surface area (Å²) in [6.07, 6.45) is 0. The molecule has 7 heteroatoms. The van der Waals surface area contributed by atoms with Gasteiger partial charge in [-0.05, 0) is 36.3 Å². The molecule has 22 heavy (non-hydrogen) atoms. The van der Waals surface area contributed by atoms with Gasteiger partial charge < -0.3 is 20.1 Å². The van der Waals surface area contributed by atoms with Crippen molar-refractivity contribution >= 4 is 35.0 Å². The largest absolute Gasteiger partial charge is 0.465 e. The second-order valence-corrected chi connectivity index (χ2v) is 5.42. The molecule has 0 heterocycles. The average molecular weight is 324 g/mol. The fraction of sp³-hybridized carbons (Fsp3) is 0.400. The van der Waals surface area contributed by atoms with Gasteiger partial charge in [-0.2, -0.15) is 0 Å². The van der Waals surface area contributed by atoms with Crippen LogP contribution < -0.4 is 10.6 Å². The van der Waals surface area contributed by atoms with E-state index < -0.39 is 11.9 Å². The van der Waals surface area contributed by atoms with E-state index in [1.54, 1.807) is 12.1 Å². The Hall–Kier alpha value is -2.15. The number of esters is 2. The third-order valence-corrected chi connectivity index (χ3v) is 2.95. The van der Waals surface area contributed by atoms with E-state index in [-0.39, 0.29) is 11.1 Å². The lowest BCUT2D eigenvalue weighted by molar-refractivity contribution is 0.0599. The second-order valence-electron chi connectivity index (χ2n) is 5.01. The number of thiocarbonyl (C=S) groups is 1. The summed E-state index contributed by atoms with van der Waals surface area (Å²) in [5.41, 5.74) is 0.976. The van der Waals surface area contributed by atoms with Gasteiger partial charge in [0, 0.05) is 12.2 Å². The maximum atomic E-state index is 11.7. The highest BCUT2D eigenvalue weighted by Crippen LogP contribution is 2.17. The number of ether oxygens (including phenoxy) is 2. The van der Waals surface area contributed by atoms with E-state index >= 15 is 0 Å². The van der Waals surface area contributed by atoms with Crippen LogP contribution in [0.1, 0.15) is 34.6 Å². The number of anilines is 1. The maximum Gasteiger partial charge on any atom is 0.337 e. The van der Waals surface area contributed by atoms with E-state index in [0.717, 1.165) is 0 Å². The molecule has 2 N–H and O–H groups in total. The minimum absolute atomic E-state index is 0.236. The molecule has 1 rings (SSSR count). The summed E-state index contributed by atoms with van der Waals surface area (Å²) in [6, 6.07) is 4.52. The molecule has 0 aliphatic heterocycles.